The van der Waals surface area contributed by atoms with Crippen LogP contribution in [0.2, 0.25) is 0 Å². The average molecular weight is 458 g/mol. The van der Waals surface area contributed by atoms with Gasteiger partial charge in [-0.2, -0.15) is 13.2 Å². The van der Waals surface area contributed by atoms with Gasteiger partial charge in [0.15, 0.2) is 5.96 Å². The maximum Gasteiger partial charge on any atom is 0.416 e. The van der Waals surface area contributed by atoms with Crippen molar-refractivity contribution in [3.63, 3.8) is 0 Å². The number of amides is 1. The van der Waals surface area contributed by atoms with Gasteiger partial charge in [-0.05, 0) is 56.7 Å². The van der Waals surface area contributed by atoms with Crippen LogP contribution in [0.4, 0.5) is 24.5 Å². The zero-order valence-corrected chi connectivity index (χ0v) is 18.7. The Morgan fingerprint density at radius 1 is 1.12 bits per heavy atom. The molecule has 0 fully saturated rings. The second-order valence-electron chi connectivity index (χ2n) is 7.40. The minimum Gasteiger partial charge on any atom is -0.356 e. The molecule has 0 radical (unpaired) electrons. The van der Waals surface area contributed by atoms with Crippen molar-refractivity contribution in [1.82, 2.24) is 14.9 Å². The molecular weight excluding hydrogens is 433 g/mol. The lowest BCUT2D eigenvalue weighted by Crippen LogP contribution is -2.30. The van der Waals surface area contributed by atoms with Gasteiger partial charge in [0.2, 0.25) is 0 Å². The van der Waals surface area contributed by atoms with E-state index in [1.165, 1.54) is 17.0 Å². The van der Waals surface area contributed by atoms with Crippen molar-refractivity contribution in [2.75, 3.05) is 24.2 Å². The van der Waals surface area contributed by atoms with Crippen molar-refractivity contribution in [3.8, 4) is 5.69 Å². The van der Waals surface area contributed by atoms with Crippen molar-refractivity contribution < 1.29 is 18.0 Å². The van der Waals surface area contributed by atoms with Gasteiger partial charge in [0.1, 0.15) is 0 Å². The number of carbonyl (C=O) groups excluding carboxylic acids is 1. The van der Waals surface area contributed by atoms with Gasteiger partial charge in [-0.15, -0.1) is 0 Å². The molecule has 0 saturated carbocycles. The lowest BCUT2D eigenvalue weighted by atomic mass is 10.1. The molecule has 0 saturated heterocycles. The first-order valence-electron chi connectivity index (χ1n) is 10.2. The summed E-state index contributed by atoms with van der Waals surface area (Å²) >= 11 is 0. The van der Waals surface area contributed by atoms with E-state index in [-0.39, 0.29) is 16.9 Å². The predicted octanol–water partition coefficient (Wildman–Crippen LogP) is 4.77. The van der Waals surface area contributed by atoms with Gasteiger partial charge in [0.05, 0.1) is 17.6 Å². The van der Waals surface area contributed by atoms with Crippen LogP contribution in [0, 0.1) is 13.8 Å². The van der Waals surface area contributed by atoms with Crippen molar-refractivity contribution in [3.05, 3.63) is 71.3 Å². The van der Waals surface area contributed by atoms with E-state index < -0.39 is 17.6 Å². The van der Waals surface area contributed by atoms with Crippen LogP contribution in [-0.4, -0.2) is 35.0 Å². The molecule has 0 atom stereocenters. The summed E-state index contributed by atoms with van der Waals surface area (Å²) < 4.78 is 41.9. The molecule has 2 aromatic carbocycles. The van der Waals surface area contributed by atoms with Crippen LogP contribution < -0.4 is 16.0 Å². The topological polar surface area (TPSA) is 83.3 Å². The summed E-state index contributed by atoms with van der Waals surface area (Å²) in [6, 6.07) is 8.38. The van der Waals surface area contributed by atoms with Crippen molar-refractivity contribution in [2.45, 2.75) is 26.9 Å². The van der Waals surface area contributed by atoms with E-state index in [1.54, 1.807) is 38.4 Å². The largest absolute Gasteiger partial charge is 0.416 e. The van der Waals surface area contributed by atoms with Gasteiger partial charge in [-0.3, -0.25) is 9.79 Å². The molecule has 3 rings (SSSR count). The number of benzene rings is 2. The van der Waals surface area contributed by atoms with E-state index in [2.05, 4.69) is 25.9 Å². The monoisotopic (exact) mass is 458 g/mol. The maximum atomic E-state index is 13.5. The highest BCUT2D eigenvalue weighted by atomic mass is 19.4. The molecule has 0 aliphatic heterocycles. The lowest BCUT2D eigenvalue weighted by molar-refractivity contribution is -0.137. The van der Waals surface area contributed by atoms with Gasteiger partial charge < -0.3 is 20.5 Å². The van der Waals surface area contributed by atoms with Crippen LogP contribution in [0.5, 0.6) is 0 Å². The molecule has 1 amide bonds. The summed E-state index contributed by atoms with van der Waals surface area (Å²) in [5.41, 5.74) is 1.86. The predicted molar refractivity (Wildman–Crippen MR) is 123 cm³/mol. The van der Waals surface area contributed by atoms with Gasteiger partial charge in [-0.25, -0.2) is 4.98 Å². The summed E-state index contributed by atoms with van der Waals surface area (Å²) in [6.07, 6.45) is -1.55. The molecule has 0 spiro atoms. The second kappa shape index (κ2) is 9.76. The van der Waals surface area contributed by atoms with E-state index in [4.69, 9.17) is 0 Å². The third kappa shape index (κ3) is 5.91. The molecule has 10 heteroatoms. The Hall–Kier alpha value is -3.82. The number of aliphatic imine (C=N–C) groups is 1. The second-order valence-corrected chi connectivity index (χ2v) is 7.40. The first-order valence-corrected chi connectivity index (χ1v) is 10.2. The molecule has 1 aromatic heterocycles. The van der Waals surface area contributed by atoms with Crippen LogP contribution in [-0.2, 0) is 6.18 Å². The van der Waals surface area contributed by atoms with E-state index >= 15 is 0 Å². The Balaban J connectivity index is 1.91. The van der Waals surface area contributed by atoms with Gasteiger partial charge in [0, 0.05) is 42.4 Å². The molecule has 0 aliphatic carbocycles. The first-order chi connectivity index (χ1) is 15.6. The number of imidazole rings is 1. The number of aryl methyl sites for hydroxylation is 2. The Labute approximate surface area is 189 Å². The van der Waals surface area contributed by atoms with Gasteiger partial charge in [-0.1, -0.05) is 6.07 Å². The van der Waals surface area contributed by atoms with Crippen molar-refractivity contribution in [2.24, 2.45) is 4.99 Å². The minimum absolute atomic E-state index is 0.0229. The number of nitrogens with zero attached hydrogens (tertiary/aromatic N) is 3. The maximum absolute atomic E-state index is 13.5. The average Bonchev–Trinajstić information content (AvgIpc) is 3.20. The minimum atomic E-state index is -4.58. The Kier molecular flexibility index (Phi) is 7.05. The Morgan fingerprint density at radius 2 is 1.88 bits per heavy atom. The molecule has 174 valence electrons. The molecule has 7 nitrogen and oxygen atoms in total. The SMILES string of the molecule is CCNC(=NC)Nc1cc(C(=O)Nc2cc(-n3cnc(C)c3)cc(C(F)(F)F)c2)ccc1C. The normalized spacial score (nSPS) is 11.9. The quantitative estimate of drug-likeness (QED) is 0.380. The number of nitrogens with one attached hydrogen (secondary N) is 3. The fraction of sp³-hybridized carbons (Fsp3) is 0.261. The molecule has 0 bridgehead atoms. The van der Waals surface area contributed by atoms with E-state index in [1.807, 2.05) is 13.8 Å². The zero-order chi connectivity index (χ0) is 24.2. The molecular formula is C23H25F3N6O. The Morgan fingerprint density at radius 3 is 2.48 bits per heavy atom. The third-order valence-electron chi connectivity index (χ3n) is 4.83. The fourth-order valence-electron chi connectivity index (χ4n) is 3.13. The van der Waals surface area contributed by atoms with Crippen molar-refractivity contribution in [1.29, 1.82) is 0 Å². The number of hydrogen-bond acceptors (Lipinski definition) is 3. The number of rotatable bonds is 5. The number of anilines is 2. The summed E-state index contributed by atoms with van der Waals surface area (Å²) in [6.45, 7) is 6.20. The highest BCUT2D eigenvalue weighted by Crippen LogP contribution is 2.33. The highest BCUT2D eigenvalue weighted by Gasteiger charge is 2.31. The van der Waals surface area contributed by atoms with E-state index in [0.29, 0.717) is 23.9 Å². The van der Waals surface area contributed by atoms with Gasteiger partial charge >= 0.3 is 6.18 Å². The smallest absolute Gasteiger partial charge is 0.356 e. The molecule has 0 aliphatic rings. The van der Waals surface area contributed by atoms with Crippen molar-refractivity contribution >= 4 is 23.2 Å². The van der Waals surface area contributed by atoms with Crippen LogP contribution in [0.25, 0.3) is 5.69 Å². The molecule has 33 heavy (non-hydrogen) atoms. The molecule has 0 unspecified atom stereocenters. The first kappa shape index (κ1) is 23.8. The summed E-state index contributed by atoms with van der Waals surface area (Å²) in [5.74, 6) is -0.000113. The van der Waals surface area contributed by atoms with Crippen LogP contribution >= 0.6 is 0 Å². The number of guanidine groups is 1. The standard InChI is InChI=1S/C23H25F3N6O/c1-5-28-22(27-4)31-20-8-16(7-6-14(20)2)21(33)30-18-9-17(23(24,25)26)10-19(11-18)32-12-15(3)29-13-32/h6-13H,5H2,1-4H3,(H,30,33)(H2,27,28,31). The van der Waals surface area contributed by atoms with Gasteiger partial charge in [0.25, 0.3) is 5.91 Å². The highest BCUT2D eigenvalue weighted by molar-refractivity contribution is 6.06. The summed E-state index contributed by atoms with van der Waals surface area (Å²) in [4.78, 5) is 21.1. The summed E-state index contributed by atoms with van der Waals surface area (Å²) in [7, 11) is 1.63. The zero-order valence-electron chi connectivity index (χ0n) is 18.7. The molecule has 3 aromatic rings. The van der Waals surface area contributed by atoms with Crippen LogP contribution in [0.3, 0.4) is 0 Å². The molecule has 1 heterocycles. The number of halogens is 3. The Bertz CT molecular complexity index is 1180. The third-order valence-corrected chi connectivity index (χ3v) is 4.83. The number of alkyl halides is 3. The number of aromatic nitrogens is 2. The summed E-state index contributed by atoms with van der Waals surface area (Å²) in [5, 5.41) is 8.76. The van der Waals surface area contributed by atoms with E-state index in [9.17, 15) is 18.0 Å². The fourth-order valence-corrected chi connectivity index (χ4v) is 3.13. The molecule has 3 N–H and O–H groups in total. The number of hydrogen-bond donors (Lipinski definition) is 3. The van der Waals surface area contributed by atoms with Crippen LogP contribution in [0.1, 0.15) is 34.1 Å². The number of carbonyl (C=O) groups is 1. The lowest BCUT2D eigenvalue weighted by Gasteiger charge is -2.15. The van der Waals surface area contributed by atoms with Crippen LogP contribution in [0.15, 0.2) is 53.9 Å². The van der Waals surface area contributed by atoms with E-state index in [0.717, 1.165) is 17.7 Å².